The van der Waals surface area contributed by atoms with Gasteiger partial charge in [-0.1, -0.05) is 29.4 Å². The summed E-state index contributed by atoms with van der Waals surface area (Å²) in [6.07, 6.45) is 1.04. The van der Waals surface area contributed by atoms with Gasteiger partial charge in [0, 0.05) is 26.9 Å². The van der Waals surface area contributed by atoms with E-state index in [1.807, 2.05) is 12.1 Å². The summed E-state index contributed by atoms with van der Waals surface area (Å²) in [6.45, 7) is -0.0819. The first-order chi connectivity index (χ1) is 9.85. The van der Waals surface area contributed by atoms with Crippen LogP contribution in [0.3, 0.4) is 0 Å². The van der Waals surface area contributed by atoms with Gasteiger partial charge in [0.25, 0.3) is 0 Å². The number of sulfonamides is 1. The van der Waals surface area contributed by atoms with E-state index >= 15 is 0 Å². The van der Waals surface area contributed by atoms with Gasteiger partial charge in [-0.05, 0) is 36.4 Å². The smallest absolute Gasteiger partial charge is 0.209 e. The first kappa shape index (κ1) is 16.3. The van der Waals surface area contributed by atoms with Crippen LogP contribution < -0.4 is 4.72 Å². The van der Waals surface area contributed by atoms with Gasteiger partial charge < -0.3 is 0 Å². The average Bonchev–Trinajstić information content (AvgIpc) is 2.39. The highest BCUT2D eigenvalue weighted by atomic mass is 35.5. The highest BCUT2D eigenvalue weighted by molar-refractivity contribution is 7.99. The van der Waals surface area contributed by atoms with E-state index in [4.69, 9.17) is 11.6 Å². The second-order valence-electron chi connectivity index (χ2n) is 4.37. The molecule has 0 saturated carbocycles. The minimum Gasteiger partial charge on any atom is -0.213 e. The van der Waals surface area contributed by atoms with Gasteiger partial charge in [-0.3, -0.25) is 0 Å². The lowest BCUT2D eigenvalue weighted by Crippen LogP contribution is -2.22. The first-order valence-corrected chi connectivity index (χ1v) is 9.09. The third kappa shape index (κ3) is 5.00. The lowest BCUT2D eigenvalue weighted by Gasteiger charge is -2.10. The van der Waals surface area contributed by atoms with Crippen LogP contribution in [0.25, 0.3) is 0 Å². The summed E-state index contributed by atoms with van der Waals surface area (Å²) in [5, 5.41) is 0.623. The Bertz CT molecular complexity index is 733. The molecule has 0 aliphatic rings. The Morgan fingerprint density at radius 2 is 1.86 bits per heavy atom. The maximum Gasteiger partial charge on any atom is 0.209 e. The fourth-order valence-electron chi connectivity index (χ4n) is 1.64. The minimum atomic E-state index is -3.38. The average molecular weight is 346 g/mol. The molecule has 0 unspecified atom stereocenters. The molecule has 0 saturated heterocycles. The summed E-state index contributed by atoms with van der Waals surface area (Å²) < 4.78 is 38.6. The van der Waals surface area contributed by atoms with Crippen molar-refractivity contribution in [1.29, 1.82) is 0 Å². The van der Waals surface area contributed by atoms with Crippen molar-refractivity contribution in [3.05, 3.63) is 58.9 Å². The summed E-state index contributed by atoms with van der Waals surface area (Å²) in [4.78, 5) is 1.55. The van der Waals surface area contributed by atoms with Gasteiger partial charge in [0.2, 0.25) is 10.0 Å². The maximum absolute atomic E-state index is 13.9. The van der Waals surface area contributed by atoms with Gasteiger partial charge in [0.05, 0.1) is 6.26 Å². The third-order valence-corrected chi connectivity index (χ3v) is 4.66. The number of hydrogen-bond donors (Lipinski definition) is 1. The largest absolute Gasteiger partial charge is 0.213 e. The van der Waals surface area contributed by atoms with Crippen LogP contribution in [0.2, 0.25) is 5.02 Å². The lowest BCUT2D eigenvalue weighted by atomic mass is 10.2. The van der Waals surface area contributed by atoms with E-state index in [9.17, 15) is 12.8 Å². The fourth-order valence-corrected chi connectivity index (χ4v) is 3.14. The van der Waals surface area contributed by atoms with Crippen LogP contribution in [0.4, 0.5) is 4.39 Å². The molecule has 2 rings (SSSR count). The number of rotatable bonds is 5. The number of hydrogen-bond acceptors (Lipinski definition) is 3. The molecule has 0 spiro atoms. The van der Waals surface area contributed by atoms with E-state index in [0.29, 0.717) is 15.5 Å². The lowest BCUT2D eigenvalue weighted by molar-refractivity contribution is 0.576. The van der Waals surface area contributed by atoms with Crippen LogP contribution in [-0.4, -0.2) is 14.7 Å². The van der Waals surface area contributed by atoms with Crippen molar-refractivity contribution in [2.45, 2.75) is 16.3 Å². The Hall–Kier alpha value is -1.08. The third-order valence-electron chi connectivity index (χ3n) is 2.63. The molecular weight excluding hydrogens is 333 g/mol. The normalized spacial score (nSPS) is 11.6. The predicted molar refractivity (Wildman–Crippen MR) is 83.7 cm³/mol. The molecule has 2 aromatic carbocycles. The summed E-state index contributed by atoms with van der Waals surface area (Å²) >= 11 is 7.18. The van der Waals surface area contributed by atoms with E-state index < -0.39 is 15.8 Å². The van der Waals surface area contributed by atoms with Gasteiger partial charge in [-0.2, -0.15) is 0 Å². The fraction of sp³-hybridized carbons (Fsp3) is 0.143. The highest BCUT2D eigenvalue weighted by Gasteiger charge is 2.12. The van der Waals surface area contributed by atoms with Crippen LogP contribution in [0.15, 0.2) is 52.3 Å². The molecule has 1 N–H and O–H groups in total. The molecule has 21 heavy (non-hydrogen) atoms. The molecule has 0 amide bonds. The van der Waals surface area contributed by atoms with Gasteiger partial charge in [-0.25, -0.2) is 17.5 Å². The quantitative estimate of drug-likeness (QED) is 0.899. The van der Waals surface area contributed by atoms with Crippen LogP contribution in [0.5, 0.6) is 0 Å². The van der Waals surface area contributed by atoms with Gasteiger partial charge in [0.1, 0.15) is 5.82 Å². The molecule has 2 aromatic rings. The van der Waals surface area contributed by atoms with Crippen molar-refractivity contribution in [1.82, 2.24) is 4.72 Å². The van der Waals surface area contributed by atoms with Crippen molar-refractivity contribution in [2.24, 2.45) is 0 Å². The summed E-state index contributed by atoms with van der Waals surface area (Å²) in [5.74, 6) is -0.440. The van der Waals surface area contributed by atoms with Crippen molar-refractivity contribution in [3.8, 4) is 0 Å². The van der Waals surface area contributed by atoms with Crippen molar-refractivity contribution >= 4 is 33.4 Å². The molecule has 0 fully saturated rings. The highest BCUT2D eigenvalue weighted by Crippen LogP contribution is 2.32. The molecule has 112 valence electrons. The molecular formula is C14H13ClFNO2S2. The number of halogens is 2. The van der Waals surface area contributed by atoms with E-state index in [0.717, 1.165) is 11.2 Å². The molecule has 7 heteroatoms. The molecule has 0 heterocycles. The Morgan fingerprint density at radius 3 is 2.48 bits per heavy atom. The van der Waals surface area contributed by atoms with Gasteiger partial charge in [0.15, 0.2) is 0 Å². The Morgan fingerprint density at radius 1 is 1.19 bits per heavy atom. The second-order valence-corrected chi connectivity index (χ2v) is 7.75. The Kier molecular flexibility index (Phi) is 5.27. The zero-order chi connectivity index (χ0) is 15.5. The monoisotopic (exact) mass is 345 g/mol. The zero-order valence-corrected chi connectivity index (χ0v) is 13.5. The van der Waals surface area contributed by atoms with E-state index in [1.54, 1.807) is 24.3 Å². The molecule has 0 atom stereocenters. The van der Waals surface area contributed by atoms with Gasteiger partial charge >= 0.3 is 0 Å². The van der Waals surface area contributed by atoms with Crippen LogP contribution in [-0.2, 0) is 16.6 Å². The predicted octanol–water partition coefficient (Wildman–Crippen LogP) is 3.68. The van der Waals surface area contributed by atoms with E-state index in [2.05, 4.69) is 4.72 Å². The molecule has 0 bridgehead atoms. The van der Waals surface area contributed by atoms with Gasteiger partial charge in [-0.15, -0.1) is 0 Å². The standard InChI is InChI=1S/C14H13ClFNO2S2/c1-21(18,19)17-9-12-13(16)3-2-4-14(12)20-11-7-5-10(15)6-8-11/h2-8,17H,9H2,1H3. The van der Waals surface area contributed by atoms with Crippen LogP contribution in [0.1, 0.15) is 5.56 Å². The second kappa shape index (κ2) is 6.79. The Labute approximate surface area is 132 Å². The summed E-state index contributed by atoms with van der Waals surface area (Å²) in [6, 6.07) is 11.8. The SMILES string of the molecule is CS(=O)(=O)NCc1c(F)cccc1Sc1ccc(Cl)cc1. The van der Waals surface area contributed by atoms with Crippen LogP contribution >= 0.6 is 23.4 Å². The molecule has 0 aliphatic carbocycles. The van der Waals surface area contributed by atoms with Crippen LogP contribution in [0, 0.1) is 5.82 Å². The molecule has 3 nitrogen and oxygen atoms in total. The summed E-state index contributed by atoms with van der Waals surface area (Å²) in [7, 11) is -3.38. The maximum atomic E-state index is 13.9. The van der Waals surface area contributed by atoms with E-state index in [-0.39, 0.29) is 6.54 Å². The number of benzene rings is 2. The van der Waals surface area contributed by atoms with E-state index in [1.165, 1.54) is 17.8 Å². The zero-order valence-electron chi connectivity index (χ0n) is 11.1. The molecule has 0 aliphatic heterocycles. The Balaban J connectivity index is 2.26. The number of nitrogens with one attached hydrogen (secondary N) is 1. The molecule has 0 radical (unpaired) electrons. The molecule has 0 aromatic heterocycles. The topological polar surface area (TPSA) is 46.2 Å². The minimum absolute atomic E-state index is 0.0819. The first-order valence-electron chi connectivity index (χ1n) is 6.00. The van der Waals surface area contributed by atoms with Crippen molar-refractivity contribution in [3.63, 3.8) is 0 Å². The van der Waals surface area contributed by atoms with Crippen molar-refractivity contribution in [2.75, 3.05) is 6.26 Å². The summed E-state index contributed by atoms with van der Waals surface area (Å²) in [5.41, 5.74) is 0.322. The van der Waals surface area contributed by atoms with Crippen molar-refractivity contribution < 1.29 is 12.8 Å².